The molecule has 0 aromatic carbocycles. The van der Waals surface area contributed by atoms with Crippen molar-refractivity contribution in [1.29, 1.82) is 0 Å². The lowest BCUT2D eigenvalue weighted by atomic mass is 9.78. The molecule has 4 fully saturated rings. The lowest BCUT2D eigenvalue weighted by molar-refractivity contribution is -0.141. The molecule has 2 saturated heterocycles. The molecule has 2 heterocycles. The molecular weight excluding hydrogens is 298 g/mol. The van der Waals surface area contributed by atoms with Gasteiger partial charge in [-0.15, -0.1) is 0 Å². The quantitative estimate of drug-likeness (QED) is 0.844. The molecule has 4 heteroatoms. The van der Waals surface area contributed by atoms with E-state index in [2.05, 4.69) is 15.1 Å². The predicted molar refractivity (Wildman–Crippen MR) is 97.0 cm³/mol. The maximum Gasteiger partial charge on any atom is 0.237 e. The Labute approximate surface area is 147 Å². The molecule has 0 aromatic heterocycles. The van der Waals surface area contributed by atoms with Crippen LogP contribution in [-0.2, 0) is 4.79 Å². The van der Waals surface area contributed by atoms with E-state index in [4.69, 9.17) is 0 Å². The predicted octanol–water partition coefficient (Wildman–Crippen LogP) is 2.78. The molecule has 2 saturated carbocycles. The molecule has 2 unspecified atom stereocenters. The number of hydrogen-bond acceptors (Lipinski definition) is 3. The smallest absolute Gasteiger partial charge is 0.237 e. The van der Waals surface area contributed by atoms with Crippen LogP contribution in [0.3, 0.4) is 0 Å². The number of amides is 1. The average Bonchev–Trinajstić information content (AvgIpc) is 2.64. The second-order valence-electron chi connectivity index (χ2n) is 8.72. The van der Waals surface area contributed by atoms with Crippen LogP contribution in [0, 0.1) is 5.92 Å². The number of likely N-dealkylation sites (tertiary alicyclic amines) is 1. The lowest BCUT2D eigenvalue weighted by Crippen LogP contribution is -2.64. The van der Waals surface area contributed by atoms with Crippen molar-refractivity contribution in [2.24, 2.45) is 5.92 Å². The van der Waals surface area contributed by atoms with Gasteiger partial charge < -0.3 is 10.2 Å². The van der Waals surface area contributed by atoms with E-state index in [1.807, 2.05) is 0 Å². The third-order valence-electron chi connectivity index (χ3n) is 7.36. The van der Waals surface area contributed by atoms with Gasteiger partial charge in [0.2, 0.25) is 5.91 Å². The molecule has 2 aliphatic heterocycles. The Kier molecular flexibility index (Phi) is 5.14. The highest BCUT2D eigenvalue weighted by molar-refractivity contribution is 5.79. The van der Waals surface area contributed by atoms with Gasteiger partial charge in [-0.3, -0.25) is 9.69 Å². The zero-order valence-electron chi connectivity index (χ0n) is 15.3. The molecule has 24 heavy (non-hydrogen) atoms. The number of hydrogen-bond donors (Lipinski definition) is 1. The summed E-state index contributed by atoms with van der Waals surface area (Å²) in [7, 11) is 0. The van der Waals surface area contributed by atoms with Crippen molar-refractivity contribution < 1.29 is 4.79 Å². The van der Waals surface area contributed by atoms with E-state index in [1.165, 1.54) is 70.6 Å². The Hall–Kier alpha value is -0.610. The molecule has 0 radical (unpaired) electrons. The maximum atomic E-state index is 13.2. The molecule has 1 spiro atoms. The van der Waals surface area contributed by atoms with Crippen LogP contribution >= 0.6 is 0 Å². The lowest BCUT2D eigenvalue weighted by Gasteiger charge is -2.51. The van der Waals surface area contributed by atoms with Crippen molar-refractivity contribution in [2.75, 3.05) is 32.7 Å². The highest BCUT2D eigenvalue weighted by Crippen LogP contribution is 2.37. The number of carbonyl (C=O) groups excluding carboxylic acids is 1. The Balaban J connectivity index is 1.44. The van der Waals surface area contributed by atoms with Crippen molar-refractivity contribution >= 4 is 5.91 Å². The van der Waals surface area contributed by atoms with Gasteiger partial charge in [-0.1, -0.05) is 32.1 Å². The number of fused-ring (bicyclic) bond motifs is 1. The fourth-order valence-corrected chi connectivity index (χ4v) is 6.02. The van der Waals surface area contributed by atoms with Gasteiger partial charge in [0.15, 0.2) is 0 Å². The normalized spacial score (nSPS) is 34.1. The molecule has 1 amide bonds. The second kappa shape index (κ2) is 7.33. The summed E-state index contributed by atoms with van der Waals surface area (Å²) in [5.41, 5.74) is 0.272. The summed E-state index contributed by atoms with van der Waals surface area (Å²) in [6.45, 7) is 4.87. The Morgan fingerprint density at radius 3 is 2.62 bits per heavy atom. The van der Waals surface area contributed by atoms with E-state index >= 15 is 0 Å². The van der Waals surface area contributed by atoms with Gasteiger partial charge in [-0.05, 0) is 44.4 Å². The Morgan fingerprint density at radius 1 is 0.958 bits per heavy atom. The Bertz CT molecular complexity index is 436. The molecule has 1 N–H and O–H groups in total. The maximum absolute atomic E-state index is 13.2. The SMILES string of the molecule is O=C(CN1CCNCC12CCCCC2)N1CCCC2CCCCC21. The van der Waals surface area contributed by atoms with Crippen LogP contribution in [0.2, 0.25) is 0 Å². The summed E-state index contributed by atoms with van der Waals surface area (Å²) in [5, 5.41) is 3.61. The monoisotopic (exact) mass is 333 g/mol. The first kappa shape index (κ1) is 16.8. The van der Waals surface area contributed by atoms with Gasteiger partial charge in [-0.2, -0.15) is 0 Å². The summed E-state index contributed by atoms with van der Waals surface area (Å²) in [4.78, 5) is 18.1. The third kappa shape index (κ3) is 3.24. The average molecular weight is 334 g/mol. The standard InChI is InChI=1S/C20H35N3O/c24-19(23-13-6-8-17-7-2-3-9-18(17)23)15-22-14-12-21-16-20(22)10-4-1-5-11-20/h17-18,21H,1-16H2. The molecule has 2 aliphatic carbocycles. The van der Waals surface area contributed by atoms with E-state index in [1.54, 1.807) is 0 Å². The minimum absolute atomic E-state index is 0.272. The molecule has 0 aromatic rings. The van der Waals surface area contributed by atoms with E-state index in [9.17, 15) is 4.79 Å². The summed E-state index contributed by atoms with van der Waals surface area (Å²) < 4.78 is 0. The number of piperidine rings is 1. The van der Waals surface area contributed by atoms with Crippen molar-refractivity contribution in [1.82, 2.24) is 15.1 Å². The minimum Gasteiger partial charge on any atom is -0.338 e. The number of nitrogens with one attached hydrogen (secondary N) is 1. The molecule has 0 bridgehead atoms. The van der Waals surface area contributed by atoms with Crippen LogP contribution in [0.15, 0.2) is 0 Å². The highest BCUT2D eigenvalue weighted by atomic mass is 16.2. The van der Waals surface area contributed by atoms with Crippen molar-refractivity contribution in [2.45, 2.75) is 82.2 Å². The highest BCUT2D eigenvalue weighted by Gasteiger charge is 2.42. The molecule has 2 atom stereocenters. The van der Waals surface area contributed by atoms with Crippen LogP contribution in [-0.4, -0.2) is 60.0 Å². The van der Waals surface area contributed by atoms with E-state index in [0.717, 1.165) is 32.1 Å². The van der Waals surface area contributed by atoms with E-state index < -0.39 is 0 Å². The van der Waals surface area contributed by atoms with Crippen molar-refractivity contribution in [3.63, 3.8) is 0 Å². The molecule has 136 valence electrons. The molecular formula is C20H35N3O. The van der Waals surface area contributed by atoms with Crippen LogP contribution in [0.5, 0.6) is 0 Å². The van der Waals surface area contributed by atoms with Crippen LogP contribution in [0.25, 0.3) is 0 Å². The first-order valence-electron chi connectivity index (χ1n) is 10.5. The number of nitrogens with zero attached hydrogens (tertiary/aromatic N) is 2. The zero-order chi connectivity index (χ0) is 16.4. The number of piperazine rings is 1. The van der Waals surface area contributed by atoms with Gasteiger partial charge in [0.05, 0.1) is 6.54 Å². The van der Waals surface area contributed by atoms with Gasteiger partial charge in [0, 0.05) is 37.8 Å². The molecule has 4 rings (SSSR count). The van der Waals surface area contributed by atoms with Crippen molar-refractivity contribution in [3.05, 3.63) is 0 Å². The summed E-state index contributed by atoms with van der Waals surface area (Å²) >= 11 is 0. The first-order chi connectivity index (χ1) is 11.8. The fourth-order valence-electron chi connectivity index (χ4n) is 6.02. The van der Waals surface area contributed by atoms with Crippen LogP contribution in [0.1, 0.15) is 70.6 Å². The third-order valence-corrected chi connectivity index (χ3v) is 7.36. The fraction of sp³-hybridized carbons (Fsp3) is 0.950. The van der Waals surface area contributed by atoms with E-state index in [-0.39, 0.29) is 5.54 Å². The van der Waals surface area contributed by atoms with E-state index in [0.29, 0.717) is 18.5 Å². The second-order valence-corrected chi connectivity index (χ2v) is 8.72. The summed E-state index contributed by atoms with van der Waals surface area (Å²) in [5.74, 6) is 1.22. The summed E-state index contributed by atoms with van der Waals surface area (Å²) in [6, 6.07) is 0.560. The van der Waals surface area contributed by atoms with Crippen molar-refractivity contribution in [3.8, 4) is 0 Å². The first-order valence-corrected chi connectivity index (χ1v) is 10.5. The number of rotatable bonds is 2. The molecule has 4 nitrogen and oxygen atoms in total. The topological polar surface area (TPSA) is 35.6 Å². The van der Waals surface area contributed by atoms with Gasteiger partial charge in [0.25, 0.3) is 0 Å². The van der Waals surface area contributed by atoms with Gasteiger partial charge in [0.1, 0.15) is 0 Å². The van der Waals surface area contributed by atoms with Crippen LogP contribution in [0.4, 0.5) is 0 Å². The minimum atomic E-state index is 0.272. The summed E-state index contributed by atoms with van der Waals surface area (Å²) in [6.07, 6.45) is 14.5. The number of carbonyl (C=O) groups is 1. The Morgan fingerprint density at radius 2 is 1.75 bits per heavy atom. The van der Waals surface area contributed by atoms with Gasteiger partial charge in [-0.25, -0.2) is 0 Å². The zero-order valence-corrected chi connectivity index (χ0v) is 15.3. The molecule has 4 aliphatic rings. The van der Waals surface area contributed by atoms with Gasteiger partial charge >= 0.3 is 0 Å². The van der Waals surface area contributed by atoms with Crippen LogP contribution < -0.4 is 5.32 Å². The largest absolute Gasteiger partial charge is 0.338 e.